The monoisotopic (exact) mass is 590 g/mol. The van der Waals surface area contributed by atoms with Gasteiger partial charge in [0.2, 0.25) is 0 Å². The second kappa shape index (κ2) is 12.0. The lowest BCUT2D eigenvalue weighted by Gasteiger charge is -2.43. The van der Waals surface area contributed by atoms with Crippen molar-refractivity contribution in [3.8, 4) is 0 Å². The van der Waals surface area contributed by atoms with Gasteiger partial charge in [0, 0.05) is 28.6 Å². The van der Waals surface area contributed by atoms with Gasteiger partial charge in [-0.05, 0) is 141 Å². The smallest absolute Gasteiger partial charge is 0.124 e. The molecule has 0 radical (unpaired) electrons. The van der Waals surface area contributed by atoms with Crippen LogP contribution >= 0.6 is 0 Å². The molecule has 2 saturated carbocycles. The summed E-state index contributed by atoms with van der Waals surface area (Å²) in [7, 11) is 0. The summed E-state index contributed by atoms with van der Waals surface area (Å²) in [5.74, 6) is 2.32. The van der Waals surface area contributed by atoms with Crippen LogP contribution in [0, 0.1) is 32.1 Å². The van der Waals surface area contributed by atoms with E-state index in [1.54, 1.807) is 16.7 Å². The summed E-state index contributed by atoms with van der Waals surface area (Å²) in [6, 6.07) is 13.5. The number of anilines is 1. The van der Waals surface area contributed by atoms with Crippen LogP contribution in [0.15, 0.2) is 81.4 Å². The second-order valence-corrected chi connectivity index (χ2v) is 15.1. The van der Waals surface area contributed by atoms with Crippen LogP contribution in [-0.4, -0.2) is 6.61 Å². The van der Waals surface area contributed by atoms with E-state index in [9.17, 15) is 0 Å². The fourth-order valence-electron chi connectivity index (χ4n) is 8.35. The molecule has 0 aromatic heterocycles. The molecule has 3 N–H and O–H groups in total. The lowest BCUT2D eigenvalue weighted by molar-refractivity contribution is 0.220. The molecular weight excluding hydrogens is 536 g/mol. The number of hydrogen-bond acceptors (Lipinski definition) is 3. The number of dihydropyridines is 1. The quantitative estimate of drug-likeness (QED) is 0.237. The molecule has 3 nitrogen and oxygen atoms in total. The van der Waals surface area contributed by atoms with Crippen LogP contribution in [0.1, 0.15) is 126 Å². The summed E-state index contributed by atoms with van der Waals surface area (Å²) in [4.78, 5) is 0. The lowest BCUT2D eigenvalue weighted by Crippen LogP contribution is -2.34. The number of ether oxygens (including phenoxy) is 1. The first-order valence-electron chi connectivity index (χ1n) is 17.2. The van der Waals surface area contributed by atoms with Crippen molar-refractivity contribution < 1.29 is 4.74 Å². The Balaban J connectivity index is 1.58. The van der Waals surface area contributed by atoms with E-state index < -0.39 is 0 Å². The van der Waals surface area contributed by atoms with Crippen LogP contribution in [0.3, 0.4) is 0 Å². The molecule has 0 spiro atoms. The van der Waals surface area contributed by atoms with E-state index in [1.165, 1.54) is 63.2 Å². The predicted octanol–water partition coefficient (Wildman–Crippen LogP) is 10.6. The summed E-state index contributed by atoms with van der Waals surface area (Å²) in [5, 5.41) is 4.22. The molecular formula is C41H54N2O. The Morgan fingerprint density at radius 1 is 0.977 bits per heavy atom. The first kappa shape index (κ1) is 30.8. The van der Waals surface area contributed by atoms with E-state index in [0.29, 0.717) is 18.4 Å². The van der Waals surface area contributed by atoms with Crippen LogP contribution in [-0.2, 0) is 4.74 Å². The fourth-order valence-corrected chi connectivity index (χ4v) is 8.35. The Morgan fingerprint density at radius 3 is 2.25 bits per heavy atom. The highest BCUT2D eigenvalue weighted by molar-refractivity contribution is 5.64. The van der Waals surface area contributed by atoms with Crippen molar-refractivity contribution in [2.24, 2.45) is 11.3 Å². The minimum atomic E-state index is 0.126. The summed E-state index contributed by atoms with van der Waals surface area (Å²) in [5.41, 5.74) is 25.1. The third kappa shape index (κ3) is 6.04. The number of nitrogens with one attached hydrogen (secondary N) is 1. The van der Waals surface area contributed by atoms with Crippen molar-refractivity contribution in [1.29, 1.82) is 0 Å². The van der Waals surface area contributed by atoms with Gasteiger partial charge in [-0.1, -0.05) is 69.5 Å². The number of nitrogen functional groups attached to an aromatic ring is 1. The number of rotatable bonds is 8. The number of allylic oxidation sites excluding steroid dienone is 7. The minimum absolute atomic E-state index is 0.126. The van der Waals surface area contributed by atoms with Crippen molar-refractivity contribution >= 4 is 5.69 Å². The molecule has 1 aliphatic heterocycles. The van der Waals surface area contributed by atoms with E-state index in [4.69, 9.17) is 10.5 Å². The van der Waals surface area contributed by atoms with Crippen molar-refractivity contribution in [3.05, 3.63) is 109 Å². The van der Waals surface area contributed by atoms with Gasteiger partial charge in [-0.25, -0.2) is 0 Å². The maximum Gasteiger partial charge on any atom is 0.124 e. The van der Waals surface area contributed by atoms with Crippen molar-refractivity contribution in [2.75, 3.05) is 12.3 Å². The van der Waals surface area contributed by atoms with Crippen molar-refractivity contribution in [1.82, 2.24) is 5.32 Å². The summed E-state index contributed by atoms with van der Waals surface area (Å²) >= 11 is 0. The SMILES string of the molecule is CCOC(=C1CC1)C1=C(C[C@@H](CC)C(C)(C)C)NC2=C(C(=C3CC3)CC(c3c(C)cc(C)cc3C)C2)C1c1cccc(N)c1. The van der Waals surface area contributed by atoms with Gasteiger partial charge in [-0.3, -0.25) is 0 Å². The van der Waals surface area contributed by atoms with Crippen LogP contribution in [0.25, 0.3) is 0 Å². The Morgan fingerprint density at radius 2 is 1.68 bits per heavy atom. The Bertz CT molecular complexity index is 1560. The molecule has 2 unspecified atom stereocenters. The van der Waals surface area contributed by atoms with Gasteiger partial charge in [0.25, 0.3) is 0 Å². The van der Waals surface area contributed by atoms with Crippen LogP contribution in [0.5, 0.6) is 0 Å². The minimum Gasteiger partial charge on any atom is -0.494 e. The molecule has 3 atom stereocenters. The van der Waals surface area contributed by atoms with Crippen molar-refractivity contribution in [2.45, 2.75) is 119 Å². The molecule has 6 rings (SSSR count). The third-order valence-electron chi connectivity index (χ3n) is 10.6. The number of nitrogens with two attached hydrogens (primary N) is 1. The van der Waals surface area contributed by atoms with E-state index in [2.05, 4.69) is 91.0 Å². The average molecular weight is 591 g/mol. The highest BCUT2D eigenvalue weighted by Gasteiger charge is 2.43. The molecule has 4 aliphatic rings. The third-order valence-corrected chi connectivity index (χ3v) is 10.6. The molecule has 1 heterocycles. The van der Waals surface area contributed by atoms with Crippen LogP contribution in [0.2, 0.25) is 0 Å². The standard InChI is InChI=1S/C41H54N2O/c1-9-31(41(6,7)8)23-35-39(40(44-10-2)28-16-17-28)37(29-12-11-13-32(42)20-29)38-33(27-14-15-27)21-30(22-34(38)43-35)36-25(4)18-24(3)19-26(36)5/h11-13,18-20,30-31,37,43H,9-10,14-17,21-23,42H2,1-8H3/t30?,31-,37?/m1/s1. The molecule has 3 heteroatoms. The summed E-state index contributed by atoms with van der Waals surface area (Å²) in [6.45, 7) is 19.3. The normalized spacial score (nSPS) is 22.1. The van der Waals surface area contributed by atoms with Crippen LogP contribution in [0.4, 0.5) is 5.69 Å². The molecule has 0 amide bonds. The molecule has 234 valence electrons. The summed E-state index contributed by atoms with van der Waals surface area (Å²) in [6.07, 6.45) is 9.05. The lowest BCUT2D eigenvalue weighted by atomic mass is 9.67. The van der Waals surface area contributed by atoms with Gasteiger partial charge in [-0.2, -0.15) is 0 Å². The largest absolute Gasteiger partial charge is 0.494 e. The van der Waals surface area contributed by atoms with Gasteiger partial charge in [-0.15, -0.1) is 0 Å². The topological polar surface area (TPSA) is 47.3 Å². The molecule has 0 saturated heterocycles. The number of aryl methyl sites for hydroxylation is 3. The highest BCUT2D eigenvalue weighted by atomic mass is 16.5. The Kier molecular flexibility index (Phi) is 8.37. The maximum atomic E-state index is 6.65. The van der Waals surface area contributed by atoms with Gasteiger partial charge in [0.05, 0.1) is 6.61 Å². The highest BCUT2D eigenvalue weighted by Crippen LogP contribution is 2.57. The zero-order chi connectivity index (χ0) is 31.3. The first-order chi connectivity index (χ1) is 21.0. The second-order valence-electron chi connectivity index (χ2n) is 15.1. The zero-order valence-electron chi connectivity index (χ0n) is 28.5. The predicted molar refractivity (Wildman–Crippen MR) is 185 cm³/mol. The van der Waals surface area contributed by atoms with E-state index in [1.807, 2.05) is 6.07 Å². The molecule has 2 fully saturated rings. The van der Waals surface area contributed by atoms with Crippen molar-refractivity contribution in [3.63, 3.8) is 0 Å². The first-order valence-corrected chi connectivity index (χ1v) is 17.2. The van der Waals surface area contributed by atoms with Gasteiger partial charge >= 0.3 is 0 Å². The average Bonchev–Trinajstić information content (AvgIpc) is 3.86. The molecule has 3 aliphatic carbocycles. The van der Waals surface area contributed by atoms with Crippen LogP contribution < -0.4 is 11.1 Å². The molecule has 2 aromatic rings. The molecule has 0 bridgehead atoms. The fraction of sp³-hybridized carbons (Fsp3) is 0.512. The van der Waals surface area contributed by atoms with E-state index >= 15 is 0 Å². The Hall–Kier alpha value is -3.20. The Labute approximate surface area is 266 Å². The van der Waals surface area contributed by atoms with Gasteiger partial charge in [0.15, 0.2) is 0 Å². The zero-order valence-corrected chi connectivity index (χ0v) is 28.5. The van der Waals surface area contributed by atoms with E-state index in [0.717, 1.165) is 50.0 Å². The summed E-state index contributed by atoms with van der Waals surface area (Å²) < 4.78 is 6.65. The molecule has 2 aromatic carbocycles. The number of benzene rings is 2. The van der Waals surface area contributed by atoms with Gasteiger partial charge in [0.1, 0.15) is 5.76 Å². The molecule has 44 heavy (non-hydrogen) atoms. The van der Waals surface area contributed by atoms with E-state index in [-0.39, 0.29) is 11.3 Å². The van der Waals surface area contributed by atoms with Gasteiger partial charge < -0.3 is 15.8 Å². The number of hydrogen-bond donors (Lipinski definition) is 2. The maximum absolute atomic E-state index is 6.65.